The van der Waals surface area contributed by atoms with Gasteiger partial charge < -0.3 is 5.32 Å². The van der Waals surface area contributed by atoms with Gasteiger partial charge in [-0.05, 0) is 24.5 Å². The normalized spacial score (nSPS) is 16.7. The molecule has 0 atom stereocenters. The summed E-state index contributed by atoms with van der Waals surface area (Å²) < 4.78 is 0. The van der Waals surface area contributed by atoms with Gasteiger partial charge in [-0.2, -0.15) is 0 Å². The second kappa shape index (κ2) is 6.38. The number of anilines is 1. The molecule has 1 aliphatic carbocycles. The van der Waals surface area contributed by atoms with E-state index >= 15 is 0 Å². The zero-order valence-electron chi connectivity index (χ0n) is 10.2. The molecule has 0 unspecified atom stereocenters. The second-order valence-corrected chi connectivity index (χ2v) is 4.81. The summed E-state index contributed by atoms with van der Waals surface area (Å²) in [6, 6.07) is 5.54. The predicted octanol–water partition coefficient (Wildman–Crippen LogP) is 3.38. The van der Waals surface area contributed by atoms with Gasteiger partial charge >= 0.3 is 0 Å². The average Bonchev–Trinajstić information content (AvgIpc) is 2.39. The van der Waals surface area contributed by atoms with E-state index in [1.54, 1.807) is 6.20 Å². The fourth-order valence-electron chi connectivity index (χ4n) is 2.45. The standard InChI is InChI=1S/C14H20N2O/c17-14(16-13-8-4-5-11-15-13)10-9-12-6-2-1-3-7-12/h4-5,8,11-12H,1-3,6-7,9-10H2,(H,15,16,17). The van der Waals surface area contributed by atoms with Gasteiger partial charge in [-0.15, -0.1) is 0 Å². The summed E-state index contributed by atoms with van der Waals surface area (Å²) in [5.41, 5.74) is 0. The van der Waals surface area contributed by atoms with E-state index in [4.69, 9.17) is 0 Å². The second-order valence-electron chi connectivity index (χ2n) is 4.81. The summed E-state index contributed by atoms with van der Waals surface area (Å²) in [5, 5.41) is 2.83. The van der Waals surface area contributed by atoms with Crippen LogP contribution >= 0.6 is 0 Å². The fraction of sp³-hybridized carbons (Fsp3) is 0.571. The van der Waals surface area contributed by atoms with Crippen molar-refractivity contribution in [1.82, 2.24) is 4.98 Å². The molecule has 0 radical (unpaired) electrons. The molecule has 0 aliphatic heterocycles. The summed E-state index contributed by atoms with van der Waals surface area (Å²) in [5.74, 6) is 1.51. The van der Waals surface area contributed by atoms with E-state index in [-0.39, 0.29) is 5.91 Å². The number of aromatic nitrogens is 1. The molecule has 17 heavy (non-hydrogen) atoms. The third-order valence-corrected chi connectivity index (χ3v) is 3.44. The van der Waals surface area contributed by atoms with Crippen molar-refractivity contribution >= 4 is 11.7 Å². The van der Waals surface area contributed by atoms with Crippen LogP contribution in [0.2, 0.25) is 0 Å². The highest BCUT2D eigenvalue weighted by molar-refractivity contribution is 5.89. The molecule has 1 saturated carbocycles. The lowest BCUT2D eigenvalue weighted by Gasteiger charge is -2.20. The number of hydrogen-bond donors (Lipinski definition) is 1. The molecule has 92 valence electrons. The Morgan fingerprint density at radius 1 is 1.29 bits per heavy atom. The molecule has 3 nitrogen and oxygen atoms in total. The van der Waals surface area contributed by atoms with Crippen molar-refractivity contribution in [3.8, 4) is 0 Å². The van der Waals surface area contributed by atoms with Crippen molar-refractivity contribution in [2.45, 2.75) is 44.9 Å². The summed E-state index contributed by atoms with van der Waals surface area (Å²) in [4.78, 5) is 15.8. The Hall–Kier alpha value is -1.38. The molecule has 0 bridgehead atoms. The third kappa shape index (κ3) is 4.17. The molecule has 1 amide bonds. The highest BCUT2D eigenvalue weighted by atomic mass is 16.1. The Kier molecular flexibility index (Phi) is 4.54. The van der Waals surface area contributed by atoms with Gasteiger partial charge in [-0.25, -0.2) is 4.98 Å². The lowest BCUT2D eigenvalue weighted by Crippen LogP contribution is -2.15. The maximum absolute atomic E-state index is 11.7. The van der Waals surface area contributed by atoms with Crippen LogP contribution in [0.1, 0.15) is 44.9 Å². The maximum Gasteiger partial charge on any atom is 0.225 e. The minimum atomic E-state index is 0.0919. The van der Waals surface area contributed by atoms with Crippen LogP contribution in [0, 0.1) is 5.92 Å². The topological polar surface area (TPSA) is 42.0 Å². The predicted molar refractivity (Wildman–Crippen MR) is 68.7 cm³/mol. The Bertz CT molecular complexity index is 344. The summed E-state index contributed by atoms with van der Waals surface area (Å²) in [6.07, 6.45) is 10.0. The minimum Gasteiger partial charge on any atom is -0.311 e. The molecular formula is C14H20N2O. The molecule has 0 saturated heterocycles. The van der Waals surface area contributed by atoms with Crippen LogP contribution in [0.25, 0.3) is 0 Å². The van der Waals surface area contributed by atoms with Crippen molar-refractivity contribution in [3.63, 3.8) is 0 Å². The largest absolute Gasteiger partial charge is 0.311 e. The number of carbonyl (C=O) groups excluding carboxylic acids is 1. The summed E-state index contributed by atoms with van der Waals surface area (Å²) >= 11 is 0. The van der Waals surface area contributed by atoms with Crippen molar-refractivity contribution in [2.24, 2.45) is 5.92 Å². The van der Waals surface area contributed by atoms with E-state index in [2.05, 4.69) is 10.3 Å². The van der Waals surface area contributed by atoms with Gasteiger partial charge in [0.25, 0.3) is 0 Å². The first kappa shape index (κ1) is 12.1. The zero-order chi connectivity index (χ0) is 11.9. The highest BCUT2D eigenvalue weighted by Crippen LogP contribution is 2.27. The Balaban J connectivity index is 1.70. The minimum absolute atomic E-state index is 0.0919. The van der Waals surface area contributed by atoms with Crippen LogP contribution in [0.15, 0.2) is 24.4 Å². The third-order valence-electron chi connectivity index (χ3n) is 3.44. The number of nitrogens with zero attached hydrogens (tertiary/aromatic N) is 1. The molecule has 3 heteroatoms. The lowest BCUT2D eigenvalue weighted by atomic mass is 9.86. The van der Waals surface area contributed by atoms with E-state index in [0.29, 0.717) is 12.2 Å². The monoisotopic (exact) mass is 232 g/mol. The van der Waals surface area contributed by atoms with Crippen LogP contribution in [-0.4, -0.2) is 10.9 Å². The highest BCUT2D eigenvalue weighted by Gasteiger charge is 2.14. The molecule has 1 aliphatic rings. The van der Waals surface area contributed by atoms with Crippen molar-refractivity contribution < 1.29 is 4.79 Å². The molecular weight excluding hydrogens is 212 g/mol. The quantitative estimate of drug-likeness (QED) is 0.864. The van der Waals surface area contributed by atoms with E-state index in [1.807, 2.05) is 18.2 Å². The summed E-state index contributed by atoms with van der Waals surface area (Å²) in [6.45, 7) is 0. The van der Waals surface area contributed by atoms with Crippen LogP contribution in [0.3, 0.4) is 0 Å². The molecule has 0 spiro atoms. The molecule has 0 aromatic carbocycles. The Morgan fingerprint density at radius 3 is 2.82 bits per heavy atom. The van der Waals surface area contributed by atoms with Crippen LogP contribution < -0.4 is 5.32 Å². The van der Waals surface area contributed by atoms with Crippen molar-refractivity contribution in [1.29, 1.82) is 0 Å². The van der Waals surface area contributed by atoms with E-state index in [9.17, 15) is 4.79 Å². The van der Waals surface area contributed by atoms with E-state index in [1.165, 1.54) is 32.1 Å². The summed E-state index contributed by atoms with van der Waals surface area (Å²) in [7, 11) is 0. The number of nitrogens with one attached hydrogen (secondary N) is 1. The zero-order valence-corrected chi connectivity index (χ0v) is 10.2. The number of pyridine rings is 1. The van der Waals surface area contributed by atoms with Crippen LogP contribution in [0.4, 0.5) is 5.82 Å². The van der Waals surface area contributed by atoms with E-state index < -0.39 is 0 Å². The van der Waals surface area contributed by atoms with Gasteiger partial charge in [-0.3, -0.25) is 4.79 Å². The van der Waals surface area contributed by atoms with Gasteiger partial charge in [0.1, 0.15) is 5.82 Å². The van der Waals surface area contributed by atoms with Crippen LogP contribution in [0.5, 0.6) is 0 Å². The number of amides is 1. The average molecular weight is 232 g/mol. The lowest BCUT2D eigenvalue weighted by molar-refractivity contribution is -0.116. The first-order valence-corrected chi connectivity index (χ1v) is 6.55. The molecule has 1 fully saturated rings. The van der Waals surface area contributed by atoms with Gasteiger partial charge in [0, 0.05) is 12.6 Å². The molecule has 2 rings (SSSR count). The van der Waals surface area contributed by atoms with E-state index in [0.717, 1.165) is 12.3 Å². The molecule has 1 aromatic rings. The maximum atomic E-state index is 11.7. The fourth-order valence-corrected chi connectivity index (χ4v) is 2.45. The van der Waals surface area contributed by atoms with Gasteiger partial charge in [0.05, 0.1) is 0 Å². The first-order chi connectivity index (χ1) is 8.34. The molecule has 1 heterocycles. The molecule has 1 aromatic heterocycles. The van der Waals surface area contributed by atoms with Crippen molar-refractivity contribution in [2.75, 3.05) is 5.32 Å². The van der Waals surface area contributed by atoms with Gasteiger partial charge in [0.15, 0.2) is 0 Å². The van der Waals surface area contributed by atoms with Gasteiger partial charge in [0.2, 0.25) is 5.91 Å². The van der Waals surface area contributed by atoms with Gasteiger partial charge in [-0.1, -0.05) is 38.2 Å². The number of hydrogen-bond acceptors (Lipinski definition) is 2. The SMILES string of the molecule is O=C(CCC1CCCCC1)Nc1ccccn1. The number of carbonyl (C=O) groups is 1. The number of rotatable bonds is 4. The Labute approximate surface area is 103 Å². The first-order valence-electron chi connectivity index (χ1n) is 6.55. The Morgan fingerprint density at radius 2 is 2.12 bits per heavy atom. The van der Waals surface area contributed by atoms with Crippen molar-refractivity contribution in [3.05, 3.63) is 24.4 Å². The molecule has 1 N–H and O–H groups in total. The smallest absolute Gasteiger partial charge is 0.225 e. The van der Waals surface area contributed by atoms with Crippen LogP contribution in [-0.2, 0) is 4.79 Å².